The second-order valence-electron chi connectivity index (χ2n) is 3.81. The fourth-order valence-electron chi connectivity index (χ4n) is 1.44. The van der Waals surface area contributed by atoms with E-state index >= 15 is 0 Å². The SMILES string of the molecule is C#CCC(Nc1ccc(C(F)(F)F)cc1C#N)C(=O)O. The number of carboxylic acid groups (broad SMARTS) is 1. The largest absolute Gasteiger partial charge is 0.480 e. The van der Waals surface area contributed by atoms with E-state index in [1.54, 1.807) is 6.07 Å². The van der Waals surface area contributed by atoms with E-state index in [9.17, 15) is 18.0 Å². The van der Waals surface area contributed by atoms with E-state index in [1.165, 1.54) is 0 Å². The van der Waals surface area contributed by atoms with Crippen molar-refractivity contribution in [3.8, 4) is 18.4 Å². The van der Waals surface area contributed by atoms with Crippen molar-refractivity contribution in [1.29, 1.82) is 5.26 Å². The maximum Gasteiger partial charge on any atom is 0.416 e. The molecule has 2 N–H and O–H groups in total. The van der Waals surface area contributed by atoms with Gasteiger partial charge in [0.1, 0.15) is 12.1 Å². The number of halogens is 3. The molecule has 1 atom stereocenters. The maximum atomic E-state index is 12.5. The average molecular weight is 282 g/mol. The summed E-state index contributed by atoms with van der Waals surface area (Å²) >= 11 is 0. The molecule has 1 aromatic rings. The monoisotopic (exact) mass is 282 g/mol. The van der Waals surface area contributed by atoms with Gasteiger partial charge >= 0.3 is 12.1 Å². The smallest absolute Gasteiger partial charge is 0.416 e. The number of aliphatic carboxylic acids is 1. The van der Waals surface area contributed by atoms with Crippen LogP contribution in [0.15, 0.2) is 18.2 Å². The molecule has 104 valence electrons. The summed E-state index contributed by atoms with van der Waals surface area (Å²) in [6, 6.07) is 2.83. The van der Waals surface area contributed by atoms with Crippen molar-refractivity contribution < 1.29 is 23.1 Å². The van der Waals surface area contributed by atoms with Crippen LogP contribution in [0.5, 0.6) is 0 Å². The molecule has 0 saturated heterocycles. The lowest BCUT2D eigenvalue weighted by atomic mass is 10.1. The molecule has 1 rings (SSSR count). The highest BCUT2D eigenvalue weighted by Gasteiger charge is 2.31. The van der Waals surface area contributed by atoms with Gasteiger partial charge in [-0.1, -0.05) is 0 Å². The van der Waals surface area contributed by atoms with Crippen LogP contribution in [0.1, 0.15) is 17.5 Å². The molecule has 0 aliphatic carbocycles. The lowest BCUT2D eigenvalue weighted by molar-refractivity contribution is -0.138. The Kier molecular flexibility index (Phi) is 4.60. The van der Waals surface area contributed by atoms with Crippen LogP contribution < -0.4 is 5.32 Å². The highest BCUT2D eigenvalue weighted by Crippen LogP contribution is 2.31. The summed E-state index contributed by atoms with van der Waals surface area (Å²) in [7, 11) is 0. The first-order chi connectivity index (χ1) is 9.29. The Morgan fingerprint density at radius 3 is 2.60 bits per heavy atom. The highest BCUT2D eigenvalue weighted by molar-refractivity contribution is 5.78. The number of hydrogen-bond acceptors (Lipinski definition) is 3. The van der Waals surface area contributed by atoms with Crippen molar-refractivity contribution in [2.24, 2.45) is 0 Å². The van der Waals surface area contributed by atoms with Gasteiger partial charge < -0.3 is 10.4 Å². The summed E-state index contributed by atoms with van der Waals surface area (Å²) in [4.78, 5) is 10.9. The second-order valence-corrected chi connectivity index (χ2v) is 3.81. The van der Waals surface area contributed by atoms with Gasteiger partial charge in [-0.05, 0) is 18.2 Å². The number of hydrogen-bond donors (Lipinski definition) is 2. The molecule has 1 unspecified atom stereocenters. The first-order valence-electron chi connectivity index (χ1n) is 5.33. The summed E-state index contributed by atoms with van der Waals surface area (Å²) in [5, 5.41) is 20.2. The van der Waals surface area contributed by atoms with Crippen LogP contribution in [0.3, 0.4) is 0 Å². The first-order valence-corrected chi connectivity index (χ1v) is 5.33. The number of nitrogens with zero attached hydrogens (tertiary/aromatic N) is 1. The van der Waals surface area contributed by atoms with E-state index in [-0.39, 0.29) is 17.7 Å². The Morgan fingerprint density at radius 1 is 1.50 bits per heavy atom. The summed E-state index contributed by atoms with van der Waals surface area (Å²) in [6.45, 7) is 0. The number of benzene rings is 1. The van der Waals surface area contributed by atoms with E-state index in [0.717, 1.165) is 12.1 Å². The van der Waals surface area contributed by atoms with E-state index < -0.39 is 23.8 Å². The molecule has 0 aliphatic rings. The Hall–Kier alpha value is -2.67. The number of alkyl halides is 3. The molecule has 4 nitrogen and oxygen atoms in total. The predicted octanol–water partition coefficient (Wildman–Crippen LogP) is 2.47. The van der Waals surface area contributed by atoms with Gasteiger partial charge in [-0.3, -0.25) is 0 Å². The van der Waals surface area contributed by atoms with Gasteiger partial charge in [0.05, 0.1) is 16.8 Å². The van der Waals surface area contributed by atoms with Crippen molar-refractivity contribution in [3.63, 3.8) is 0 Å². The van der Waals surface area contributed by atoms with E-state index in [0.29, 0.717) is 6.07 Å². The third-order valence-electron chi connectivity index (χ3n) is 2.42. The molecule has 0 bridgehead atoms. The minimum absolute atomic E-state index is 0.0110. The van der Waals surface area contributed by atoms with Crippen LogP contribution in [0, 0.1) is 23.7 Å². The lowest BCUT2D eigenvalue weighted by Gasteiger charge is -2.15. The fraction of sp³-hybridized carbons (Fsp3) is 0.231. The number of nitriles is 1. The van der Waals surface area contributed by atoms with E-state index in [2.05, 4.69) is 11.2 Å². The van der Waals surface area contributed by atoms with Gasteiger partial charge in [-0.25, -0.2) is 4.79 Å². The van der Waals surface area contributed by atoms with Gasteiger partial charge in [-0.15, -0.1) is 12.3 Å². The quantitative estimate of drug-likeness (QED) is 0.832. The standard InChI is InChI=1S/C13H9F3N2O2/c1-2-3-11(12(19)20)18-10-5-4-9(13(14,15)16)6-8(10)7-17/h1,4-6,11,18H,3H2,(H,19,20). The van der Waals surface area contributed by atoms with Crippen LogP contribution >= 0.6 is 0 Å². The highest BCUT2D eigenvalue weighted by atomic mass is 19.4. The number of carboxylic acids is 1. The molecular weight excluding hydrogens is 273 g/mol. The van der Waals surface area contributed by atoms with Crippen molar-refractivity contribution in [2.45, 2.75) is 18.6 Å². The minimum atomic E-state index is -4.57. The van der Waals surface area contributed by atoms with Crippen LogP contribution in [-0.2, 0) is 11.0 Å². The maximum absolute atomic E-state index is 12.5. The average Bonchev–Trinajstić information content (AvgIpc) is 2.37. The molecule has 7 heteroatoms. The van der Waals surface area contributed by atoms with Crippen molar-refractivity contribution in [1.82, 2.24) is 0 Å². The lowest BCUT2D eigenvalue weighted by Crippen LogP contribution is -2.29. The Morgan fingerprint density at radius 2 is 2.15 bits per heavy atom. The molecule has 0 saturated carbocycles. The number of carbonyl (C=O) groups is 1. The molecule has 0 aromatic heterocycles. The van der Waals surface area contributed by atoms with Crippen LogP contribution in [0.2, 0.25) is 0 Å². The first kappa shape index (κ1) is 15.4. The normalized spacial score (nSPS) is 12.1. The minimum Gasteiger partial charge on any atom is -0.480 e. The fourth-order valence-corrected chi connectivity index (χ4v) is 1.44. The van der Waals surface area contributed by atoms with Crippen LogP contribution in [0.25, 0.3) is 0 Å². The van der Waals surface area contributed by atoms with Crippen molar-refractivity contribution in [2.75, 3.05) is 5.32 Å². The molecule has 20 heavy (non-hydrogen) atoms. The molecule has 0 radical (unpaired) electrons. The number of terminal acetylenes is 1. The summed E-state index contributed by atoms with van der Waals surface area (Å²) < 4.78 is 37.5. The molecule has 0 aliphatic heterocycles. The van der Waals surface area contributed by atoms with Gasteiger partial charge in [0.15, 0.2) is 0 Å². The Labute approximate surface area is 112 Å². The van der Waals surface area contributed by atoms with Gasteiger partial charge in [0, 0.05) is 6.42 Å². The number of nitrogens with one attached hydrogen (secondary N) is 1. The van der Waals surface area contributed by atoms with Crippen LogP contribution in [-0.4, -0.2) is 17.1 Å². The summed E-state index contributed by atoms with van der Waals surface area (Å²) in [5.74, 6) is 0.879. The zero-order valence-corrected chi connectivity index (χ0v) is 10.0. The third-order valence-corrected chi connectivity index (χ3v) is 2.42. The zero-order valence-electron chi connectivity index (χ0n) is 10.0. The Bertz CT molecular complexity index is 597. The topological polar surface area (TPSA) is 73.1 Å². The van der Waals surface area contributed by atoms with Crippen molar-refractivity contribution >= 4 is 11.7 Å². The molecule has 0 fully saturated rings. The molecular formula is C13H9F3N2O2. The number of rotatable bonds is 4. The second kappa shape index (κ2) is 5.98. The number of anilines is 1. The predicted molar refractivity (Wildman–Crippen MR) is 64.7 cm³/mol. The molecule has 0 amide bonds. The van der Waals surface area contributed by atoms with E-state index in [1.807, 2.05) is 0 Å². The molecule has 0 spiro atoms. The van der Waals surface area contributed by atoms with E-state index in [4.69, 9.17) is 16.8 Å². The van der Waals surface area contributed by atoms with Gasteiger partial charge in [0.25, 0.3) is 0 Å². The molecule has 0 heterocycles. The van der Waals surface area contributed by atoms with Crippen molar-refractivity contribution in [3.05, 3.63) is 29.3 Å². The molecule has 1 aromatic carbocycles. The Balaban J connectivity index is 3.12. The van der Waals surface area contributed by atoms with Crippen LogP contribution in [0.4, 0.5) is 18.9 Å². The zero-order chi connectivity index (χ0) is 15.3. The van der Waals surface area contributed by atoms with Gasteiger partial charge in [-0.2, -0.15) is 18.4 Å². The summed E-state index contributed by atoms with van der Waals surface area (Å²) in [6.07, 6.45) is 0.266. The summed E-state index contributed by atoms with van der Waals surface area (Å²) in [5.41, 5.74) is -1.30. The third kappa shape index (κ3) is 3.66. The van der Waals surface area contributed by atoms with Gasteiger partial charge in [0.2, 0.25) is 0 Å².